The van der Waals surface area contributed by atoms with Crippen molar-refractivity contribution in [2.45, 2.75) is 31.5 Å². The standard InChI is InChI=1S/C26H32N10O2/c27-24-22(11-21(31-32-24)20-3-1-2-4-23(20)37)35-15-18-5-6-19(16-35)36(18)26-29-12-17(13-30-26)14-33-7-9-34(10-8-33)25(28)38/h1-4,11-13,18-19,37H,5-10,14-16H2,(H2,27,32)(H2,28,38). The molecule has 0 aliphatic carbocycles. The van der Waals surface area contributed by atoms with Crippen LogP contribution >= 0.6 is 0 Å². The van der Waals surface area contributed by atoms with Gasteiger partial charge in [-0.1, -0.05) is 12.1 Å². The number of nitrogens with two attached hydrogens (primary N) is 2. The van der Waals surface area contributed by atoms with E-state index in [0.717, 1.165) is 62.8 Å². The Hall–Kier alpha value is -4.19. The number of nitrogen functional groups attached to an aromatic ring is 1. The number of hydrogen-bond donors (Lipinski definition) is 3. The van der Waals surface area contributed by atoms with Crippen molar-refractivity contribution in [3.63, 3.8) is 0 Å². The summed E-state index contributed by atoms with van der Waals surface area (Å²) in [5.41, 5.74) is 14.8. The van der Waals surface area contributed by atoms with Gasteiger partial charge in [0.25, 0.3) is 0 Å². The number of amides is 2. The lowest BCUT2D eigenvalue weighted by Crippen LogP contribution is -2.54. The summed E-state index contributed by atoms with van der Waals surface area (Å²) in [6.07, 6.45) is 5.94. The fourth-order valence-electron chi connectivity index (χ4n) is 5.84. The molecule has 0 spiro atoms. The van der Waals surface area contributed by atoms with E-state index >= 15 is 0 Å². The highest BCUT2D eigenvalue weighted by Gasteiger charge is 2.42. The Kier molecular flexibility index (Phi) is 6.32. The van der Waals surface area contributed by atoms with E-state index in [1.165, 1.54) is 0 Å². The zero-order valence-corrected chi connectivity index (χ0v) is 21.1. The molecule has 3 aromatic rings. The SMILES string of the molecule is NC(=O)N1CCN(Cc2cnc(N3C4CCC3CN(c3cc(-c5ccccc5O)nnc3N)C4)nc2)CC1. The number of nitrogens with zero attached hydrogens (tertiary/aromatic N) is 8. The molecule has 12 nitrogen and oxygen atoms in total. The lowest BCUT2D eigenvalue weighted by molar-refractivity contribution is 0.140. The Morgan fingerprint density at radius 1 is 1.00 bits per heavy atom. The number of fused-ring (bicyclic) bond motifs is 2. The van der Waals surface area contributed by atoms with Crippen LogP contribution in [-0.2, 0) is 6.54 Å². The van der Waals surface area contributed by atoms with Gasteiger partial charge in [0.2, 0.25) is 5.95 Å². The first-order chi connectivity index (χ1) is 18.5. The highest BCUT2D eigenvalue weighted by molar-refractivity contribution is 5.74. The number of carbonyl (C=O) groups is 1. The molecule has 0 saturated carbocycles. The van der Waals surface area contributed by atoms with Crippen LogP contribution in [0.15, 0.2) is 42.7 Å². The predicted octanol–water partition coefficient (Wildman–Crippen LogP) is 1.28. The number of anilines is 3. The minimum absolute atomic E-state index is 0.163. The van der Waals surface area contributed by atoms with Crippen LogP contribution in [0.25, 0.3) is 11.3 Å². The number of aromatic nitrogens is 4. The third-order valence-electron chi connectivity index (χ3n) is 7.82. The molecule has 5 heterocycles. The number of aromatic hydroxyl groups is 1. The molecule has 3 fully saturated rings. The molecule has 0 radical (unpaired) electrons. The van der Waals surface area contributed by atoms with E-state index in [0.29, 0.717) is 30.2 Å². The van der Waals surface area contributed by atoms with Gasteiger partial charge >= 0.3 is 6.03 Å². The van der Waals surface area contributed by atoms with E-state index in [1.54, 1.807) is 17.0 Å². The first kappa shape index (κ1) is 24.2. The fraction of sp³-hybridized carbons (Fsp3) is 0.423. The molecule has 1 aromatic carbocycles. The lowest BCUT2D eigenvalue weighted by Gasteiger charge is -2.42. The summed E-state index contributed by atoms with van der Waals surface area (Å²) in [4.78, 5) is 29.4. The van der Waals surface area contributed by atoms with E-state index in [1.807, 2.05) is 30.6 Å². The number of phenols is 1. The van der Waals surface area contributed by atoms with Crippen LogP contribution in [0.5, 0.6) is 5.75 Å². The maximum absolute atomic E-state index is 11.3. The van der Waals surface area contributed by atoms with Gasteiger partial charge in [0.1, 0.15) is 5.75 Å². The number of rotatable bonds is 5. The minimum atomic E-state index is -0.356. The Morgan fingerprint density at radius 2 is 1.68 bits per heavy atom. The van der Waals surface area contributed by atoms with Crippen LogP contribution in [-0.4, -0.2) is 92.5 Å². The molecule has 38 heavy (non-hydrogen) atoms. The van der Waals surface area contributed by atoms with Gasteiger partial charge in [-0.15, -0.1) is 10.2 Å². The first-order valence-electron chi connectivity index (χ1n) is 13.0. The summed E-state index contributed by atoms with van der Waals surface area (Å²) in [5, 5.41) is 18.7. The summed E-state index contributed by atoms with van der Waals surface area (Å²) >= 11 is 0. The van der Waals surface area contributed by atoms with Gasteiger partial charge in [-0.25, -0.2) is 14.8 Å². The summed E-state index contributed by atoms with van der Waals surface area (Å²) in [5.74, 6) is 1.31. The fourth-order valence-corrected chi connectivity index (χ4v) is 5.84. The van der Waals surface area contributed by atoms with Gasteiger partial charge in [-0.05, 0) is 31.0 Å². The quantitative estimate of drug-likeness (QED) is 0.452. The third kappa shape index (κ3) is 4.62. The van der Waals surface area contributed by atoms with Crippen molar-refractivity contribution in [2.24, 2.45) is 5.73 Å². The topological polar surface area (TPSA) is 154 Å². The lowest BCUT2D eigenvalue weighted by atomic mass is 10.1. The zero-order valence-electron chi connectivity index (χ0n) is 21.1. The minimum Gasteiger partial charge on any atom is -0.507 e. The van der Waals surface area contributed by atoms with Crippen molar-refractivity contribution in [1.29, 1.82) is 0 Å². The normalized spacial score (nSPS) is 21.6. The summed E-state index contributed by atoms with van der Waals surface area (Å²) in [6, 6.07) is 9.20. The van der Waals surface area contributed by atoms with Gasteiger partial charge in [-0.2, -0.15) is 0 Å². The summed E-state index contributed by atoms with van der Waals surface area (Å²) in [7, 11) is 0. The Labute approximate surface area is 220 Å². The van der Waals surface area contributed by atoms with Gasteiger partial charge < -0.3 is 31.3 Å². The van der Waals surface area contributed by atoms with Gasteiger partial charge in [0.05, 0.1) is 11.4 Å². The van der Waals surface area contributed by atoms with E-state index < -0.39 is 0 Å². The molecule has 2 bridgehead atoms. The molecular weight excluding hydrogens is 484 g/mol. The Bertz CT molecular complexity index is 1300. The molecule has 3 aliphatic rings. The molecule has 2 amide bonds. The van der Waals surface area contributed by atoms with Crippen LogP contribution in [0, 0.1) is 0 Å². The van der Waals surface area contributed by atoms with Crippen LogP contribution < -0.4 is 21.3 Å². The largest absolute Gasteiger partial charge is 0.507 e. The second-order valence-electron chi connectivity index (χ2n) is 10.2. The number of urea groups is 1. The molecule has 6 rings (SSSR count). The van der Waals surface area contributed by atoms with Crippen molar-refractivity contribution in [3.05, 3.63) is 48.3 Å². The van der Waals surface area contributed by atoms with Crippen molar-refractivity contribution in [3.8, 4) is 17.0 Å². The first-order valence-corrected chi connectivity index (χ1v) is 13.0. The highest BCUT2D eigenvalue weighted by atomic mass is 16.3. The van der Waals surface area contributed by atoms with Crippen molar-refractivity contribution in [2.75, 3.05) is 54.8 Å². The maximum atomic E-state index is 11.3. The van der Waals surface area contributed by atoms with Gasteiger partial charge in [0.15, 0.2) is 5.82 Å². The van der Waals surface area contributed by atoms with Gasteiger partial charge in [0, 0.05) is 81.4 Å². The number of carbonyl (C=O) groups excluding carboxylic acids is 1. The second-order valence-corrected chi connectivity index (χ2v) is 10.2. The van der Waals surface area contributed by atoms with Crippen LogP contribution in [0.3, 0.4) is 0 Å². The van der Waals surface area contributed by atoms with Crippen LogP contribution in [0.4, 0.5) is 22.2 Å². The molecule has 198 valence electrons. The molecule has 2 aromatic heterocycles. The molecule has 3 aliphatic heterocycles. The molecule has 12 heteroatoms. The number of primary amides is 1. The highest BCUT2D eigenvalue weighted by Crippen LogP contribution is 2.37. The summed E-state index contributed by atoms with van der Waals surface area (Å²) < 4.78 is 0. The van der Waals surface area contributed by atoms with Crippen molar-refractivity contribution < 1.29 is 9.90 Å². The number of benzene rings is 1. The van der Waals surface area contributed by atoms with Crippen LogP contribution in [0.2, 0.25) is 0 Å². The maximum Gasteiger partial charge on any atom is 0.314 e. The van der Waals surface area contributed by atoms with E-state index in [4.69, 9.17) is 21.4 Å². The molecule has 3 saturated heterocycles. The Morgan fingerprint density at radius 3 is 2.34 bits per heavy atom. The number of para-hydroxylation sites is 1. The average Bonchev–Trinajstić information content (AvgIpc) is 3.19. The van der Waals surface area contributed by atoms with E-state index in [-0.39, 0.29) is 23.9 Å². The van der Waals surface area contributed by atoms with Gasteiger partial charge in [-0.3, -0.25) is 4.90 Å². The van der Waals surface area contributed by atoms with Crippen molar-refractivity contribution in [1.82, 2.24) is 30.0 Å². The second kappa shape index (κ2) is 9.93. The predicted molar refractivity (Wildman–Crippen MR) is 144 cm³/mol. The molecule has 5 N–H and O–H groups in total. The number of phenolic OH excluding ortho intramolecular Hbond substituents is 1. The molecular formula is C26H32N10O2. The van der Waals surface area contributed by atoms with E-state index in [2.05, 4.69) is 24.9 Å². The average molecular weight is 517 g/mol. The number of hydrogen-bond acceptors (Lipinski definition) is 10. The molecule has 2 atom stereocenters. The van der Waals surface area contributed by atoms with Crippen molar-refractivity contribution >= 4 is 23.5 Å². The molecule has 2 unspecified atom stereocenters. The monoisotopic (exact) mass is 516 g/mol. The smallest absolute Gasteiger partial charge is 0.314 e. The summed E-state index contributed by atoms with van der Waals surface area (Å²) in [6.45, 7) is 5.18. The van der Waals surface area contributed by atoms with Crippen LogP contribution in [0.1, 0.15) is 18.4 Å². The number of piperazine rings is 2. The zero-order chi connectivity index (χ0) is 26.2. The van der Waals surface area contributed by atoms with E-state index in [9.17, 15) is 9.90 Å². The Balaban J connectivity index is 1.13. The third-order valence-corrected chi connectivity index (χ3v) is 7.82.